The molecule has 0 unspecified atom stereocenters. The molecule has 3 heterocycles. The molecule has 0 saturated heterocycles. The van der Waals surface area contributed by atoms with Gasteiger partial charge in [0.05, 0.1) is 11.4 Å². The molecule has 0 N–H and O–H groups in total. The largest absolute Gasteiger partial charge is 0.493 e. The number of aromatic nitrogens is 2. The van der Waals surface area contributed by atoms with Crippen LogP contribution in [0.3, 0.4) is 0 Å². The molecule has 3 aliphatic rings. The van der Waals surface area contributed by atoms with Gasteiger partial charge in [-0.2, -0.15) is 60.7 Å². The molecule has 1 radical (unpaired) electrons. The molecule has 6 aromatic rings. The Kier molecular flexibility index (Phi) is 8.98. The van der Waals surface area contributed by atoms with Gasteiger partial charge >= 0.3 is 0 Å². The molecule has 0 saturated carbocycles. The Bertz CT molecular complexity index is 1920. The van der Waals surface area contributed by atoms with Crippen LogP contribution in [0.25, 0.3) is 0 Å². The molecule has 5 aromatic carbocycles. The second-order valence-corrected chi connectivity index (χ2v) is 13.9. The van der Waals surface area contributed by atoms with Gasteiger partial charge in [-0.3, -0.25) is 0 Å². The van der Waals surface area contributed by atoms with Crippen molar-refractivity contribution >= 4 is 45.8 Å². The Morgan fingerprint density at radius 3 is 1.44 bits per heavy atom. The zero-order valence-corrected chi connectivity index (χ0v) is 31.0. The predicted octanol–water partition coefficient (Wildman–Crippen LogP) is 10.5. The summed E-state index contributed by atoms with van der Waals surface area (Å²) < 4.78 is 0. The first-order valence-electron chi connectivity index (χ1n) is 16.7. The summed E-state index contributed by atoms with van der Waals surface area (Å²) in [6.07, 6.45) is 1.05. The van der Waals surface area contributed by atoms with Crippen molar-refractivity contribution in [1.82, 2.24) is 9.97 Å². The summed E-state index contributed by atoms with van der Waals surface area (Å²) in [5.74, 6) is 1.75. The minimum Gasteiger partial charge on any atom is -0.493 e. The van der Waals surface area contributed by atoms with Crippen LogP contribution in [0.15, 0.2) is 133 Å². The predicted molar refractivity (Wildman–Crippen MR) is 200 cm³/mol. The van der Waals surface area contributed by atoms with Crippen LogP contribution in [0.4, 0.5) is 45.8 Å². The van der Waals surface area contributed by atoms with Crippen molar-refractivity contribution in [2.45, 2.75) is 44.9 Å². The molecule has 2 aliphatic heterocycles. The molecule has 0 spiro atoms. The number of rotatable bonds is 4. The van der Waals surface area contributed by atoms with E-state index >= 15 is 0 Å². The first-order valence-corrected chi connectivity index (χ1v) is 16.7. The average molecular weight is 831 g/mol. The average Bonchev–Trinajstić information content (AvgIpc) is 3.77. The van der Waals surface area contributed by atoms with Crippen LogP contribution in [-0.2, 0) is 30.9 Å². The first kappa shape index (κ1) is 33.5. The molecule has 0 amide bonds. The van der Waals surface area contributed by atoms with E-state index in [1.165, 1.54) is 11.4 Å². The van der Waals surface area contributed by atoms with Crippen LogP contribution in [0.2, 0.25) is 0 Å². The molecule has 6 nitrogen and oxygen atoms in total. The number of nitrogens with zero attached hydrogens (tertiary/aromatic N) is 6. The summed E-state index contributed by atoms with van der Waals surface area (Å²) >= 11 is 0. The van der Waals surface area contributed by atoms with Crippen molar-refractivity contribution in [3.05, 3.63) is 170 Å². The third-order valence-electron chi connectivity index (χ3n) is 9.32. The van der Waals surface area contributed by atoms with Gasteiger partial charge in [-0.05, 0) is 42.8 Å². The van der Waals surface area contributed by atoms with E-state index in [1.54, 1.807) is 0 Å². The Morgan fingerprint density at radius 2 is 0.920 bits per heavy atom. The fourth-order valence-electron chi connectivity index (χ4n) is 7.30. The van der Waals surface area contributed by atoms with Crippen LogP contribution in [0.1, 0.15) is 45.5 Å². The summed E-state index contributed by atoms with van der Waals surface area (Å²) in [4.78, 5) is 19.0. The summed E-state index contributed by atoms with van der Waals surface area (Å²) in [6.45, 7) is 13.3. The van der Waals surface area contributed by atoms with Crippen molar-refractivity contribution in [3.63, 3.8) is 0 Å². The number of anilines is 8. The molecule has 1 aliphatic carbocycles. The third-order valence-corrected chi connectivity index (χ3v) is 9.32. The van der Waals surface area contributed by atoms with Crippen LogP contribution in [-0.4, -0.2) is 9.97 Å². The van der Waals surface area contributed by atoms with Gasteiger partial charge in [0.15, 0.2) is 0 Å². The van der Waals surface area contributed by atoms with Crippen LogP contribution < -0.4 is 19.6 Å². The number of benzene rings is 5. The molecule has 7 heteroatoms. The smallest absolute Gasteiger partial charge is 0.146 e. The zero-order chi connectivity index (χ0) is 33.6. The van der Waals surface area contributed by atoms with Gasteiger partial charge in [0.25, 0.3) is 0 Å². The molecule has 0 atom stereocenters. The second-order valence-electron chi connectivity index (χ2n) is 13.9. The Labute approximate surface area is 309 Å². The quantitative estimate of drug-likeness (QED) is 0.165. The molecule has 0 fully saturated rings. The fraction of sp³-hybridized carbons (Fsp3) is 0.163. The van der Waals surface area contributed by atoms with Crippen LogP contribution in [0.5, 0.6) is 0 Å². The Morgan fingerprint density at radius 1 is 0.500 bits per heavy atom. The van der Waals surface area contributed by atoms with Crippen molar-refractivity contribution in [3.8, 4) is 0 Å². The van der Waals surface area contributed by atoms with E-state index in [-0.39, 0.29) is 30.9 Å². The molecule has 9 rings (SSSR count). The summed E-state index contributed by atoms with van der Waals surface area (Å²) in [6, 6.07) is 51.8. The Balaban J connectivity index is 0.000000160. The van der Waals surface area contributed by atoms with Gasteiger partial charge in [-0.1, -0.05) is 76.2 Å². The maximum atomic E-state index is 5.19. The van der Waals surface area contributed by atoms with Crippen LogP contribution >= 0.6 is 0 Å². The van der Waals surface area contributed by atoms with Crippen molar-refractivity contribution in [2.75, 3.05) is 19.6 Å². The van der Waals surface area contributed by atoms with E-state index in [1.807, 2.05) is 60.7 Å². The summed E-state index contributed by atoms with van der Waals surface area (Å²) in [7, 11) is 0. The molecule has 0 bridgehead atoms. The van der Waals surface area contributed by atoms with Gasteiger partial charge < -0.3 is 19.6 Å². The van der Waals surface area contributed by atoms with Gasteiger partial charge in [0.2, 0.25) is 0 Å². The normalized spacial score (nSPS) is 16.2. The van der Waals surface area contributed by atoms with Gasteiger partial charge in [0, 0.05) is 53.7 Å². The maximum absolute atomic E-state index is 5.19. The monoisotopic (exact) mass is 831 g/mol. The van der Waals surface area contributed by atoms with E-state index in [9.17, 15) is 0 Å². The minimum absolute atomic E-state index is 0. The van der Waals surface area contributed by atoms with Crippen molar-refractivity contribution in [2.24, 2.45) is 0 Å². The van der Waals surface area contributed by atoms with E-state index in [0.717, 1.165) is 52.2 Å². The van der Waals surface area contributed by atoms with E-state index in [0.29, 0.717) is 0 Å². The maximum Gasteiger partial charge on any atom is 0.146 e. The number of para-hydroxylation sites is 6. The summed E-state index contributed by atoms with van der Waals surface area (Å²) in [5, 5.41) is 0. The number of fused-ring (bicyclic) bond motifs is 3. The van der Waals surface area contributed by atoms with Gasteiger partial charge in [-0.25, -0.2) is 9.97 Å². The van der Waals surface area contributed by atoms with Crippen LogP contribution in [0, 0.1) is 25.5 Å². The molecule has 50 heavy (non-hydrogen) atoms. The van der Waals surface area contributed by atoms with Gasteiger partial charge in [-0.15, -0.1) is 24.7 Å². The number of hydrogen-bond acceptors (Lipinski definition) is 6. The standard InChI is InChI=1S/C24H24N4.C19H14N2.Ir/c1-23(2)15-24(3,4)20-19(23)25-21-22(26-20)28(18-13-9-6-10-14-18)16-27(21)17-11-7-5-8-12-17;1-3-9-16(10-4-1)20-15-21(17-11-5-2-6-12-17)19-14-8-7-13-18(19)20;/h5-13,16H,15H2,1-4H3;1-11,13-15H;/q2*-2;. The topological polar surface area (TPSA) is 38.7 Å². The van der Waals surface area contributed by atoms with Gasteiger partial charge in [0.1, 0.15) is 11.6 Å². The number of hydrogen-bond donors (Lipinski definition) is 0. The SMILES string of the molecule is CC1(C)CC(C)(C)c2nc3c(nc21)N(c1[c-]cccc1)[CH-]N3c1ccccc1.[Ir].[c-]1ccccc1N1[CH-]N(c2ccccc2)c2ccccc21. The molecule has 253 valence electrons. The van der Waals surface area contributed by atoms with E-state index in [2.05, 4.69) is 146 Å². The van der Waals surface area contributed by atoms with Crippen molar-refractivity contribution < 1.29 is 20.1 Å². The zero-order valence-electron chi connectivity index (χ0n) is 28.6. The van der Waals surface area contributed by atoms with Crippen molar-refractivity contribution in [1.29, 1.82) is 0 Å². The molecular formula is C43H38IrN6-4. The molecular weight excluding hydrogens is 793 g/mol. The Hall–Kier alpha value is -4.97. The second kappa shape index (κ2) is 13.4. The van der Waals surface area contributed by atoms with E-state index < -0.39 is 0 Å². The minimum atomic E-state index is 0. The summed E-state index contributed by atoms with van der Waals surface area (Å²) in [5.41, 5.74) is 8.84. The first-order chi connectivity index (χ1) is 23.8. The molecule has 1 aromatic heterocycles. The fourth-order valence-corrected chi connectivity index (χ4v) is 7.30. The van der Waals surface area contributed by atoms with E-state index in [4.69, 9.17) is 9.97 Å². The third kappa shape index (κ3) is 6.06.